The van der Waals surface area contributed by atoms with E-state index in [-0.39, 0.29) is 16.6 Å². The van der Waals surface area contributed by atoms with E-state index in [1.165, 1.54) is 27.4 Å². The number of sulfonamides is 1. The molecule has 0 saturated heterocycles. The van der Waals surface area contributed by atoms with E-state index in [1.54, 1.807) is 24.3 Å². The van der Waals surface area contributed by atoms with Crippen LogP contribution in [-0.2, 0) is 21.4 Å². The number of rotatable bonds is 10. The number of anilines is 1. The van der Waals surface area contributed by atoms with E-state index >= 15 is 0 Å². The first kappa shape index (κ1) is 24.4. The van der Waals surface area contributed by atoms with Gasteiger partial charge in [0.25, 0.3) is 0 Å². The minimum absolute atomic E-state index is 0.164. The molecule has 0 saturated carbocycles. The molecule has 0 aliphatic carbocycles. The molecule has 1 N–H and O–H groups in total. The largest absolute Gasteiger partial charge is 0.302 e. The summed E-state index contributed by atoms with van der Waals surface area (Å²) < 4.78 is 28.7. The molecule has 0 aliphatic rings. The van der Waals surface area contributed by atoms with E-state index in [0.717, 1.165) is 11.3 Å². The van der Waals surface area contributed by atoms with Crippen molar-refractivity contribution in [3.63, 3.8) is 0 Å². The first-order chi connectivity index (χ1) is 15.3. The number of aromatic nitrogens is 4. The lowest BCUT2D eigenvalue weighted by Gasteiger charge is -2.18. The van der Waals surface area contributed by atoms with E-state index in [4.69, 9.17) is 0 Å². The Hall–Kier alpha value is -2.28. The summed E-state index contributed by atoms with van der Waals surface area (Å²) >= 11 is 2.67. The Morgan fingerprint density at radius 3 is 2.41 bits per heavy atom. The van der Waals surface area contributed by atoms with Crippen molar-refractivity contribution in [2.45, 2.75) is 44.3 Å². The summed E-state index contributed by atoms with van der Waals surface area (Å²) in [6.07, 6.45) is 0. The molecule has 0 unspecified atom stereocenters. The van der Waals surface area contributed by atoms with Crippen LogP contribution in [0.3, 0.4) is 0 Å². The summed E-state index contributed by atoms with van der Waals surface area (Å²) in [5, 5.41) is 14.3. The molecule has 1 aromatic carbocycles. The summed E-state index contributed by atoms with van der Waals surface area (Å²) in [5.41, 5.74) is 1.62. The number of nitrogens with zero attached hydrogens (tertiary/aromatic N) is 5. The zero-order chi connectivity index (χ0) is 23.3. The van der Waals surface area contributed by atoms with Gasteiger partial charge >= 0.3 is 0 Å². The molecule has 32 heavy (non-hydrogen) atoms. The number of thiazole rings is 1. The van der Waals surface area contributed by atoms with Crippen LogP contribution in [0.4, 0.5) is 5.13 Å². The van der Waals surface area contributed by atoms with Crippen LogP contribution in [0.25, 0.3) is 11.4 Å². The SMILES string of the molecule is CCN(CC)S(=O)(=O)c1ccc(-c2nnc(SCC(=O)Nc3nc(C)cs3)n2CC)cc1. The van der Waals surface area contributed by atoms with Crippen molar-refractivity contribution in [2.24, 2.45) is 0 Å². The highest BCUT2D eigenvalue weighted by atomic mass is 32.2. The van der Waals surface area contributed by atoms with Gasteiger partial charge in [-0.05, 0) is 38.1 Å². The molecule has 0 atom stereocenters. The highest BCUT2D eigenvalue weighted by Crippen LogP contribution is 2.26. The fourth-order valence-electron chi connectivity index (χ4n) is 3.08. The number of aryl methyl sites for hydroxylation is 1. The zero-order valence-electron chi connectivity index (χ0n) is 18.4. The minimum Gasteiger partial charge on any atom is -0.302 e. The lowest BCUT2D eigenvalue weighted by atomic mass is 10.2. The van der Waals surface area contributed by atoms with E-state index in [0.29, 0.717) is 35.7 Å². The second-order valence-electron chi connectivity index (χ2n) is 6.80. The van der Waals surface area contributed by atoms with Gasteiger partial charge in [0, 0.05) is 30.6 Å². The number of carbonyl (C=O) groups is 1. The maximum Gasteiger partial charge on any atom is 0.243 e. The normalized spacial score (nSPS) is 11.8. The van der Waals surface area contributed by atoms with Crippen molar-refractivity contribution in [2.75, 3.05) is 24.2 Å². The van der Waals surface area contributed by atoms with Crippen LogP contribution >= 0.6 is 23.1 Å². The molecular formula is C20H26N6O3S3. The van der Waals surface area contributed by atoms with Crippen molar-refractivity contribution in [1.29, 1.82) is 0 Å². The lowest BCUT2D eigenvalue weighted by Crippen LogP contribution is -2.30. The zero-order valence-corrected chi connectivity index (χ0v) is 20.9. The fraction of sp³-hybridized carbons (Fsp3) is 0.400. The van der Waals surface area contributed by atoms with Crippen LogP contribution in [0.2, 0.25) is 0 Å². The van der Waals surface area contributed by atoms with Gasteiger partial charge in [0.1, 0.15) is 0 Å². The van der Waals surface area contributed by atoms with Crippen molar-refractivity contribution in [1.82, 2.24) is 24.1 Å². The third-order valence-corrected chi connectivity index (χ3v) is 8.59. The van der Waals surface area contributed by atoms with Gasteiger partial charge in [0.2, 0.25) is 15.9 Å². The van der Waals surface area contributed by atoms with Crippen molar-refractivity contribution >= 4 is 44.2 Å². The smallest absolute Gasteiger partial charge is 0.243 e. The Bertz CT molecular complexity index is 1170. The second-order valence-corrected chi connectivity index (χ2v) is 10.5. The molecule has 0 fully saturated rings. The summed E-state index contributed by atoms with van der Waals surface area (Å²) in [4.78, 5) is 16.7. The molecule has 9 nitrogen and oxygen atoms in total. The average molecular weight is 495 g/mol. The molecule has 172 valence electrons. The number of hydrogen-bond acceptors (Lipinski definition) is 8. The van der Waals surface area contributed by atoms with Crippen LogP contribution in [0.5, 0.6) is 0 Å². The highest BCUT2D eigenvalue weighted by molar-refractivity contribution is 7.99. The van der Waals surface area contributed by atoms with E-state index in [9.17, 15) is 13.2 Å². The van der Waals surface area contributed by atoms with Crippen LogP contribution in [0.1, 0.15) is 26.5 Å². The second kappa shape index (κ2) is 10.6. The maximum absolute atomic E-state index is 12.7. The standard InChI is InChI=1S/C20H26N6O3S3/c1-5-25(6-2)32(28,29)16-10-8-15(9-11-16)18-23-24-20(26(18)7-3)31-13-17(27)22-19-21-14(4)12-30-19/h8-12H,5-7,13H2,1-4H3,(H,21,22,27). The number of hydrogen-bond donors (Lipinski definition) is 1. The van der Waals surface area contributed by atoms with Crippen LogP contribution in [0.15, 0.2) is 39.7 Å². The Morgan fingerprint density at radius 1 is 1.16 bits per heavy atom. The van der Waals surface area contributed by atoms with Gasteiger partial charge in [0.05, 0.1) is 16.3 Å². The third-order valence-electron chi connectivity index (χ3n) is 4.69. The van der Waals surface area contributed by atoms with Gasteiger partial charge in [0.15, 0.2) is 16.1 Å². The first-order valence-electron chi connectivity index (χ1n) is 10.2. The Labute approximate surface area is 196 Å². The van der Waals surface area contributed by atoms with Crippen molar-refractivity contribution in [3.05, 3.63) is 35.3 Å². The lowest BCUT2D eigenvalue weighted by molar-refractivity contribution is -0.113. The average Bonchev–Trinajstić information content (AvgIpc) is 3.38. The van der Waals surface area contributed by atoms with E-state index < -0.39 is 10.0 Å². The number of nitrogens with one attached hydrogen (secondary N) is 1. The highest BCUT2D eigenvalue weighted by Gasteiger charge is 2.22. The molecule has 0 aliphatic heterocycles. The molecular weight excluding hydrogens is 468 g/mol. The topological polar surface area (TPSA) is 110 Å². The summed E-state index contributed by atoms with van der Waals surface area (Å²) in [6, 6.07) is 6.65. The van der Waals surface area contributed by atoms with Gasteiger partial charge < -0.3 is 9.88 Å². The van der Waals surface area contributed by atoms with Gasteiger partial charge in [-0.1, -0.05) is 25.6 Å². The Balaban J connectivity index is 1.73. The maximum atomic E-state index is 12.7. The van der Waals surface area contributed by atoms with Crippen LogP contribution in [0, 0.1) is 6.92 Å². The molecule has 3 rings (SSSR count). The minimum atomic E-state index is -3.52. The molecule has 0 spiro atoms. The number of benzene rings is 1. The summed E-state index contributed by atoms with van der Waals surface area (Å²) in [7, 11) is -3.52. The third kappa shape index (κ3) is 5.37. The quantitative estimate of drug-likeness (QED) is 0.430. The molecule has 1 amide bonds. The molecule has 0 radical (unpaired) electrons. The molecule has 2 heterocycles. The van der Waals surface area contributed by atoms with Crippen LogP contribution < -0.4 is 5.32 Å². The van der Waals surface area contributed by atoms with Gasteiger partial charge in [-0.2, -0.15) is 4.31 Å². The molecule has 0 bridgehead atoms. The molecule has 12 heteroatoms. The predicted octanol–water partition coefficient (Wildman–Crippen LogP) is 3.49. The first-order valence-corrected chi connectivity index (χ1v) is 13.5. The summed E-state index contributed by atoms with van der Waals surface area (Å²) in [6.45, 7) is 8.92. The fourth-order valence-corrected chi connectivity index (χ4v) is 6.04. The number of thioether (sulfide) groups is 1. The number of amides is 1. The predicted molar refractivity (Wildman–Crippen MR) is 127 cm³/mol. The van der Waals surface area contributed by atoms with Gasteiger partial charge in [-0.15, -0.1) is 21.5 Å². The molecule has 2 aromatic heterocycles. The van der Waals surface area contributed by atoms with Crippen LogP contribution in [-0.4, -0.2) is 57.2 Å². The van der Waals surface area contributed by atoms with E-state index in [1.807, 2.05) is 37.6 Å². The number of carbonyl (C=O) groups excluding carboxylic acids is 1. The van der Waals surface area contributed by atoms with E-state index in [2.05, 4.69) is 20.5 Å². The summed E-state index contributed by atoms with van der Waals surface area (Å²) in [5.74, 6) is 0.637. The van der Waals surface area contributed by atoms with Crippen molar-refractivity contribution in [3.8, 4) is 11.4 Å². The monoisotopic (exact) mass is 494 g/mol. The van der Waals surface area contributed by atoms with Gasteiger partial charge in [-0.3, -0.25) is 4.79 Å². The van der Waals surface area contributed by atoms with Crippen molar-refractivity contribution < 1.29 is 13.2 Å². The van der Waals surface area contributed by atoms with Gasteiger partial charge in [-0.25, -0.2) is 13.4 Å². The Morgan fingerprint density at radius 2 is 1.84 bits per heavy atom. The molecule has 3 aromatic rings. The Kier molecular flexibility index (Phi) is 8.04.